The van der Waals surface area contributed by atoms with Gasteiger partial charge < -0.3 is 9.13 Å². The van der Waals surface area contributed by atoms with E-state index >= 15 is 0 Å². The first-order valence-corrected chi connectivity index (χ1v) is 18.3. The molecule has 250 valence electrons. The van der Waals surface area contributed by atoms with E-state index in [1.54, 1.807) is 0 Å². The first-order valence-electron chi connectivity index (χ1n) is 18.3. The third kappa shape index (κ3) is 4.24. The highest BCUT2D eigenvalue weighted by Crippen LogP contribution is 2.51. The Morgan fingerprint density at radius 2 is 1.08 bits per heavy atom. The van der Waals surface area contributed by atoms with Crippen LogP contribution in [0.4, 0.5) is 0 Å². The molecule has 0 saturated carbocycles. The summed E-state index contributed by atoms with van der Waals surface area (Å²) in [6, 6.07) is 60.9. The van der Waals surface area contributed by atoms with Crippen LogP contribution in [0.2, 0.25) is 0 Å². The Balaban J connectivity index is 1.12. The fourth-order valence-corrected chi connectivity index (χ4v) is 8.87. The molecule has 3 heterocycles. The lowest BCUT2D eigenvalue weighted by Crippen LogP contribution is -2.17. The fraction of sp³-hybridized carbons (Fsp3) is 0.0612. The third-order valence-electron chi connectivity index (χ3n) is 11.3. The molecule has 4 heteroatoms. The summed E-state index contributed by atoms with van der Waals surface area (Å²) in [7, 11) is 0. The number of hydrogen-bond acceptors (Lipinski definition) is 2. The molecule has 4 nitrogen and oxygen atoms in total. The molecule has 0 radical (unpaired) electrons. The van der Waals surface area contributed by atoms with Crippen LogP contribution in [0.25, 0.3) is 88.8 Å². The van der Waals surface area contributed by atoms with Crippen molar-refractivity contribution in [3.05, 3.63) is 181 Å². The van der Waals surface area contributed by atoms with Crippen LogP contribution < -0.4 is 0 Å². The van der Waals surface area contributed by atoms with E-state index in [1.807, 2.05) is 0 Å². The largest absolute Gasteiger partial charge is 0.309 e. The zero-order valence-electron chi connectivity index (χ0n) is 29.5. The monoisotopic (exact) mass is 678 g/mol. The first-order chi connectivity index (χ1) is 26.1. The predicted molar refractivity (Wildman–Crippen MR) is 219 cm³/mol. The maximum absolute atomic E-state index is 5.34. The van der Waals surface area contributed by atoms with Crippen LogP contribution in [0.1, 0.15) is 25.1 Å². The smallest absolute Gasteiger partial charge is 0.160 e. The molecule has 0 amide bonds. The summed E-state index contributed by atoms with van der Waals surface area (Å²) in [5.74, 6) is 0.742. The minimum Gasteiger partial charge on any atom is -0.309 e. The SMILES string of the molecule is CC1(C)c2ccccc2-c2c(-c3ccccc3)nc(-c3ccc(-n4c5ccccc5c5c4ccc4c6ccccc6n(-c6ccccc6)c45)cc3)nc21. The van der Waals surface area contributed by atoms with Gasteiger partial charge in [-0.3, -0.25) is 0 Å². The number of aromatic nitrogens is 4. The second-order valence-corrected chi connectivity index (χ2v) is 14.6. The third-order valence-corrected chi connectivity index (χ3v) is 11.3. The van der Waals surface area contributed by atoms with E-state index in [0.717, 1.165) is 45.3 Å². The summed E-state index contributed by atoms with van der Waals surface area (Å²) in [5, 5.41) is 4.99. The number of nitrogens with zero attached hydrogens (tertiary/aromatic N) is 4. The van der Waals surface area contributed by atoms with Gasteiger partial charge in [-0.1, -0.05) is 129 Å². The van der Waals surface area contributed by atoms with Crippen molar-refractivity contribution < 1.29 is 0 Å². The van der Waals surface area contributed by atoms with Crippen LogP contribution in [-0.2, 0) is 5.41 Å². The van der Waals surface area contributed by atoms with Gasteiger partial charge in [-0.2, -0.15) is 0 Å². The van der Waals surface area contributed by atoms with Crippen LogP contribution in [0, 0.1) is 0 Å². The molecular formula is C49H34N4. The Bertz CT molecular complexity index is 3060. The van der Waals surface area contributed by atoms with Gasteiger partial charge in [0.2, 0.25) is 0 Å². The molecule has 3 aromatic heterocycles. The second kappa shape index (κ2) is 11.1. The van der Waals surface area contributed by atoms with Gasteiger partial charge in [0.05, 0.1) is 33.5 Å². The lowest BCUT2D eigenvalue weighted by Gasteiger charge is -2.21. The molecule has 1 aliphatic carbocycles. The van der Waals surface area contributed by atoms with Gasteiger partial charge in [-0.15, -0.1) is 0 Å². The molecule has 0 atom stereocenters. The first kappa shape index (κ1) is 29.9. The Morgan fingerprint density at radius 1 is 0.453 bits per heavy atom. The van der Waals surface area contributed by atoms with Gasteiger partial charge in [0.1, 0.15) is 0 Å². The number of fused-ring (bicyclic) bond motifs is 10. The summed E-state index contributed by atoms with van der Waals surface area (Å²) in [6.07, 6.45) is 0. The van der Waals surface area contributed by atoms with E-state index in [-0.39, 0.29) is 5.41 Å². The quantitative estimate of drug-likeness (QED) is 0.186. The van der Waals surface area contributed by atoms with Crippen molar-refractivity contribution in [1.29, 1.82) is 0 Å². The zero-order chi connectivity index (χ0) is 35.3. The van der Waals surface area contributed by atoms with Crippen LogP contribution in [-0.4, -0.2) is 19.1 Å². The van der Waals surface area contributed by atoms with Crippen LogP contribution in [0.5, 0.6) is 0 Å². The van der Waals surface area contributed by atoms with Crippen molar-refractivity contribution in [3.63, 3.8) is 0 Å². The Hall–Kier alpha value is -6.78. The zero-order valence-corrected chi connectivity index (χ0v) is 29.5. The normalized spacial score (nSPS) is 13.2. The molecule has 53 heavy (non-hydrogen) atoms. The summed E-state index contributed by atoms with van der Waals surface area (Å²) in [6.45, 7) is 4.56. The summed E-state index contributed by atoms with van der Waals surface area (Å²) in [5.41, 5.74) is 14.6. The van der Waals surface area contributed by atoms with Crippen molar-refractivity contribution in [3.8, 4) is 45.1 Å². The van der Waals surface area contributed by atoms with Crippen molar-refractivity contribution in [2.45, 2.75) is 19.3 Å². The van der Waals surface area contributed by atoms with Crippen molar-refractivity contribution in [1.82, 2.24) is 19.1 Å². The van der Waals surface area contributed by atoms with Crippen LogP contribution >= 0.6 is 0 Å². The van der Waals surface area contributed by atoms with E-state index in [4.69, 9.17) is 9.97 Å². The maximum Gasteiger partial charge on any atom is 0.160 e. The van der Waals surface area contributed by atoms with E-state index in [1.165, 1.54) is 54.7 Å². The van der Waals surface area contributed by atoms with E-state index in [0.29, 0.717) is 0 Å². The molecule has 0 unspecified atom stereocenters. The molecule has 0 fully saturated rings. The highest BCUT2D eigenvalue weighted by Gasteiger charge is 2.39. The molecule has 0 aliphatic heterocycles. The minimum atomic E-state index is -0.246. The Morgan fingerprint density at radius 3 is 1.85 bits per heavy atom. The number of rotatable bonds is 4. The Kier molecular flexibility index (Phi) is 6.27. The lowest BCUT2D eigenvalue weighted by molar-refractivity contribution is 0.636. The van der Waals surface area contributed by atoms with Crippen molar-refractivity contribution in [2.75, 3.05) is 0 Å². The van der Waals surface area contributed by atoms with E-state index in [2.05, 4.69) is 193 Å². The van der Waals surface area contributed by atoms with Crippen LogP contribution in [0.15, 0.2) is 170 Å². The topological polar surface area (TPSA) is 35.6 Å². The lowest BCUT2D eigenvalue weighted by atomic mass is 9.85. The van der Waals surface area contributed by atoms with Gasteiger partial charge in [-0.05, 0) is 65.7 Å². The van der Waals surface area contributed by atoms with Gasteiger partial charge in [0, 0.05) is 55.0 Å². The molecule has 0 saturated heterocycles. The molecule has 7 aromatic carbocycles. The van der Waals surface area contributed by atoms with E-state index < -0.39 is 0 Å². The van der Waals surface area contributed by atoms with Gasteiger partial charge in [0.15, 0.2) is 5.82 Å². The van der Waals surface area contributed by atoms with E-state index in [9.17, 15) is 0 Å². The molecular weight excluding hydrogens is 645 g/mol. The molecule has 11 rings (SSSR count). The van der Waals surface area contributed by atoms with Gasteiger partial charge in [0.25, 0.3) is 0 Å². The molecule has 0 bridgehead atoms. The molecule has 1 aliphatic rings. The average molecular weight is 679 g/mol. The molecule has 0 spiro atoms. The predicted octanol–water partition coefficient (Wildman–Crippen LogP) is 12.3. The summed E-state index contributed by atoms with van der Waals surface area (Å²) in [4.78, 5) is 10.7. The average Bonchev–Trinajstić information content (AvgIpc) is 3.82. The number of hydrogen-bond donors (Lipinski definition) is 0. The maximum atomic E-state index is 5.34. The molecule has 0 N–H and O–H groups in total. The van der Waals surface area contributed by atoms with Gasteiger partial charge >= 0.3 is 0 Å². The highest BCUT2D eigenvalue weighted by atomic mass is 15.0. The standard InChI is InChI=1S/C49H34N4/c1-49(2)39-22-12-9-20-37(39)44-45(31-15-5-3-6-16-31)50-48(51-47(44)49)32-25-27-34(28-26-32)52-41-24-14-11-21-38(41)43-42(52)30-29-36-35-19-10-13-23-40(35)53(46(36)43)33-17-7-4-8-18-33/h3-30H,1-2H3. The summed E-state index contributed by atoms with van der Waals surface area (Å²) < 4.78 is 4.84. The number of benzene rings is 7. The Labute approximate surface area is 307 Å². The highest BCUT2D eigenvalue weighted by molar-refractivity contribution is 6.26. The van der Waals surface area contributed by atoms with Crippen molar-refractivity contribution in [2.24, 2.45) is 0 Å². The fourth-order valence-electron chi connectivity index (χ4n) is 8.87. The van der Waals surface area contributed by atoms with Crippen LogP contribution in [0.3, 0.4) is 0 Å². The van der Waals surface area contributed by atoms with Gasteiger partial charge in [-0.25, -0.2) is 9.97 Å². The molecule has 10 aromatic rings. The summed E-state index contributed by atoms with van der Waals surface area (Å²) >= 11 is 0. The minimum absolute atomic E-state index is 0.246. The number of para-hydroxylation sites is 3. The van der Waals surface area contributed by atoms with Crippen molar-refractivity contribution >= 4 is 43.6 Å². The second-order valence-electron chi connectivity index (χ2n) is 14.6.